The fourth-order valence-corrected chi connectivity index (χ4v) is 3.95. The molecule has 4 atom stereocenters. The van der Waals surface area contributed by atoms with Crippen molar-refractivity contribution in [2.45, 2.75) is 44.3 Å². The highest BCUT2D eigenvalue weighted by Gasteiger charge is 2.33. The summed E-state index contributed by atoms with van der Waals surface area (Å²) in [6.45, 7) is 2.17. The molecule has 1 aliphatic heterocycles. The molecule has 0 unspecified atom stereocenters. The lowest BCUT2D eigenvalue weighted by Crippen LogP contribution is -2.54. The lowest BCUT2D eigenvalue weighted by Gasteiger charge is -2.36. The van der Waals surface area contributed by atoms with Crippen molar-refractivity contribution in [3.8, 4) is 0 Å². The molecule has 1 saturated heterocycles. The third-order valence-electron chi connectivity index (χ3n) is 5.30. The smallest absolute Gasteiger partial charge is 0.326 e. The Balaban J connectivity index is 1.66. The minimum Gasteiger partial charge on any atom is -0.480 e. The SMILES string of the molecule is C[C@H]1CC[C@@H](C(=O)N[C@@H](Cc2ccccc2)C(=O)O)N[C@@H]1c1ccc(Br)cc1. The van der Waals surface area contributed by atoms with Crippen molar-refractivity contribution < 1.29 is 14.7 Å². The van der Waals surface area contributed by atoms with E-state index in [2.05, 4.69) is 33.5 Å². The van der Waals surface area contributed by atoms with Crippen LogP contribution in [0.1, 0.15) is 36.9 Å². The van der Waals surface area contributed by atoms with Gasteiger partial charge in [0, 0.05) is 16.9 Å². The minimum atomic E-state index is -1.02. The number of benzene rings is 2. The Kier molecular flexibility index (Phi) is 6.86. The zero-order valence-corrected chi connectivity index (χ0v) is 17.4. The Morgan fingerprint density at radius 1 is 1.14 bits per heavy atom. The third-order valence-corrected chi connectivity index (χ3v) is 5.83. The van der Waals surface area contributed by atoms with Crippen molar-refractivity contribution in [2.24, 2.45) is 5.92 Å². The molecule has 2 aromatic rings. The molecule has 0 bridgehead atoms. The van der Waals surface area contributed by atoms with Gasteiger partial charge in [0.05, 0.1) is 6.04 Å². The van der Waals surface area contributed by atoms with Gasteiger partial charge in [0.25, 0.3) is 0 Å². The van der Waals surface area contributed by atoms with Crippen molar-refractivity contribution in [2.75, 3.05) is 0 Å². The molecular weight excluding hydrogens is 420 g/mol. The first-order chi connectivity index (χ1) is 13.4. The normalized spacial score (nSPS) is 23.0. The summed E-state index contributed by atoms with van der Waals surface area (Å²) in [6, 6.07) is 16.2. The van der Waals surface area contributed by atoms with Crippen LogP contribution >= 0.6 is 15.9 Å². The van der Waals surface area contributed by atoms with Gasteiger partial charge in [-0.3, -0.25) is 10.1 Å². The van der Waals surface area contributed by atoms with Crippen molar-refractivity contribution >= 4 is 27.8 Å². The van der Waals surface area contributed by atoms with Crippen LogP contribution in [0, 0.1) is 5.92 Å². The van der Waals surface area contributed by atoms with E-state index in [1.807, 2.05) is 54.6 Å². The Bertz CT molecular complexity index is 810. The summed E-state index contributed by atoms with van der Waals surface area (Å²) in [5.41, 5.74) is 2.01. The molecular formula is C22H25BrN2O3. The second-order valence-corrected chi connectivity index (χ2v) is 8.31. The molecule has 6 heteroatoms. The lowest BCUT2D eigenvalue weighted by atomic mass is 9.84. The van der Waals surface area contributed by atoms with Crippen LogP contribution in [0.2, 0.25) is 0 Å². The first-order valence-corrected chi connectivity index (χ1v) is 10.3. The summed E-state index contributed by atoms with van der Waals surface area (Å²) >= 11 is 3.45. The van der Waals surface area contributed by atoms with Crippen LogP contribution in [0.5, 0.6) is 0 Å². The molecule has 1 aliphatic rings. The molecule has 5 nitrogen and oxygen atoms in total. The maximum absolute atomic E-state index is 12.8. The predicted octanol–water partition coefficient (Wildman–Crippen LogP) is 3.69. The van der Waals surface area contributed by atoms with Gasteiger partial charge in [0.1, 0.15) is 6.04 Å². The molecule has 0 aliphatic carbocycles. The van der Waals surface area contributed by atoms with Gasteiger partial charge >= 0.3 is 5.97 Å². The largest absolute Gasteiger partial charge is 0.480 e. The highest BCUT2D eigenvalue weighted by atomic mass is 79.9. The lowest BCUT2D eigenvalue weighted by molar-refractivity contribution is -0.142. The van der Waals surface area contributed by atoms with Crippen LogP contribution < -0.4 is 10.6 Å². The van der Waals surface area contributed by atoms with Crippen LogP contribution in [0.15, 0.2) is 59.1 Å². The monoisotopic (exact) mass is 444 g/mol. The number of nitrogens with one attached hydrogen (secondary N) is 2. The second kappa shape index (κ2) is 9.34. The van der Waals surface area contributed by atoms with E-state index >= 15 is 0 Å². The number of hydrogen-bond acceptors (Lipinski definition) is 3. The van der Waals surface area contributed by atoms with E-state index in [0.717, 1.165) is 22.0 Å². The average Bonchev–Trinajstić information content (AvgIpc) is 2.69. The number of hydrogen-bond donors (Lipinski definition) is 3. The van der Waals surface area contributed by atoms with Crippen LogP contribution in [0.4, 0.5) is 0 Å². The Morgan fingerprint density at radius 3 is 2.46 bits per heavy atom. The summed E-state index contributed by atoms with van der Waals surface area (Å²) < 4.78 is 1.01. The maximum atomic E-state index is 12.8. The van der Waals surface area contributed by atoms with Gasteiger partial charge in [-0.25, -0.2) is 4.79 Å². The van der Waals surface area contributed by atoms with E-state index in [1.165, 1.54) is 0 Å². The molecule has 0 radical (unpaired) electrons. The molecule has 3 rings (SSSR count). The molecule has 1 amide bonds. The molecule has 3 N–H and O–H groups in total. The van der Waals surface area contributed by atoms with E-state index < -0.39 is 18.1 Å². The molecule has 28 heavy (non-hydrogen) atoms. The van der Waals surface area contributed by atoms with Crippen LogP contribution in [-0.4, -0.2) is 29.1 Å². The number of carboxylic acids is 1. The topological polar surface area (TPSA) is 78.4 Å². The second-order valence-electron chi connectivity index (χ2n) is 7.39. The zero-order valence-electron chi connectivity index (χ0n) is 15.8. The van der Waals surface area contributed by atoms with Gasteiger partial charge in [-0.2, -0.15) is 0 Å². The van der Waals surface area contributed by atoms with Crippen molar-refractivity contribution in [3.63, 3.8) is 0 Å². The minimum absolute atomic E-state index is 0.0648. The van der Waals surface area contributed by atoms with Crippen molar-refractivity contribution in [1.29, 1.82) is 0 Å². The summed E-state index contributed by atoms with van der Waals surface area (Å²) in [7, 11) is 0. The van der Waals surface area contributed by atoms with Crippen LogP contribution in [0.25, 0.3) is 0 Å². The van der Waals surface area contributed by atoms with Gasteiger partial charge in [-0.05, 0) is 42.0 Å². The summed E-state index contributed by atoms with van der Waals surface area (Å²) in [6.07, 6.45) is 1.86. The molecule has 2 aromatic carbocycles. The number of piperidine rings is 1. The predicted molar refractivity (Wildman–Crippen MR) is 112 cm³/mol. The fourth-order valence-electron chi connectivity index (χ4n) is 3.68. The number of rotatable bonds is 6. The summed E-state index contributed by atoms with van der Waals surface area (Å²) in [5, 5.41) is 15.7. The van der Waals surface area contributed by atoms with E-state index in [0.29, 0.717) is 12.3 Å². The van der Waals surface area contributed by atoms with E-state index in [4.69, 9.17) is 0 Å². The van der Waals surface area contributed by atoms with E-state index in [9.17, 15) is 14.7 Å². The Morgan fingerprint density at radius 2 is 1.82 bits per heavy atom. The number of halogens is 1. The standard InChI is InChI=1S/C22H25BrN2O3/c1-14-7-12-18(24-20(14)16-8-10-17(23)11-9-16)21(26)25-19(22(27)28)13-15-5-3-2-4-6-15/h2-6,8-11,14,18-20,24H,7,12-13H2,1H3,(H,25,26)(H,27,28)/t14-,18-,19-,20-/m0/s1. The number of aliphatic carboxylic acids is 1. The maximum Gasteiger partial charge on any atom is 0.326 e. The van der Waals surface area contributed by atoms with Gasteiger partial charge in [0.15, 0.2) is 0 Å². The van der Waals surface area contributed by atoms with Gasteiger partial charge in [0.2, 0.25) is 5.91 Å². The molecule has 0 spiro atoms. The quantitative estimate of drug-likeness (QED) is 0.634. The number of carbonyl (C=O) groups excluding carboxylic acids is 1. The van der Waals surface area contributed by atoms with Gasteiger partial charge < -0.3 is 10.4 Å². The number of carboxylic acid groups (broad SMARTS) is 1. The zero-order chi connectivity index (χ0) is 20.1. The number of amides is 1. The summed E-state index contributed by atoms with van der Waals surface area (Å²) in [5.74, 6) is -0.881. The van der Waals surface area contributed by atoms with E-state index in [-0.39, 0.29) is 18.4 Å². The fraction of sp³-hybridized carbons (Fsp3) is 0.364. The van der Waals surface area contributed by atoms with Gasteiger partial charge in [-0.15, -0.1) is 0 Å². The molecule has 148 valence electrons. The van der Waals surface area contributed by atoms with Crippen molar-refractivity contribution in [3.05, 3.63) is 70.2 Å². The molecule has 0 aromatic heterocycles. The third kappa shape index (κ3) is 5.20. The number of carbonyl (C=O) groups is 2. The van der Waals surface area contributed by atoms with Crippen LogP contribution in [-0.2, 0) is 16.0 Å². The molecule has 1 heterocycles. The highest BCUT2D eigenvalue weighted by Crippen LogP contribution is 2.31. The molecule has 1 fully saturated rings. The Hall–Kier alpha value is -2.18. The Labute approximate surface area is 173 Å². The average molecular weight is 445 g/mol. The summed E-state index contributed by atoms with van der Waals surface area (Å²) in [4.78, 5) is 24.4. The van der Waals surface area contributed by atoms with E-state index in [1.54, 1.807) is 0 Å². The van der Waals surface area contributed by atoms with Crippen LogP contribution in [0.3, 0.4) is 0 Å². The highest BCUT2D eigenvalue weighted by molar-refractivity contribution is 9.10. The molecule has 0 saturated carbocycles. The van der Waals surface area contributed by atoms with Gasteiger partial charge in [-0.1, -0.05) is 65.3 Å². The first kappa shape index (κ1) is 20.6. The van der Waals surface area contributed by atoms with Crippen molar-refractivity contribution in [1.82, 2.24) is 10.6 Å². The first-order valence-electron chi connectivity index (χ1n) is 9.52.